The van der Waals surface area contributed by atoms with Crippen LogP contribution in [0.2, 0.25) is 0 Å². The largest absolute Gasteiger partial charge is 0.493 e. The van der Waals surface area contributed by atoms with Gasteiger partial charge in [-0.3, -0.25) is 4.79 Å². The van der Waals surface area contributed by atoms with E-state index in [0.717, 1.165) is 5.75 Å². The number of anilines is 1. The minimum absolute atomic E-state index is 0.226. The van der Waals surface area contributed by atoms with Gasteiger partial charge < -0.3 is 14.8 Å². The van der Waals surface area contributed by atoms with Crippen LogP contribution in [0, 0.1) is 5.92 Å². The Kier molecular flexibility index (Phi) is 5.95. The van der Waals surface area contributed by atoms with Crippen LogP contribution in [0.1, 0.15) is 34.6 Å². The molecule has 2 aromatic carbocycles. The first-order valence-corrected chi connectivity index (χ1v) is 7.72. The van der Waals surface area contributed by atoms with Crippen molar-refractivity contribution in [3.63, 3.8) is 0 Å². The average Bonchev–Trinajstić information content (AvgIpc) is 2.60. The zero-order valence-corrected chi connectivity index (χ0v) is 14.0. The molecule has 0 atom stereocenters. The van der Waals surface area contributed by atoms with E-state index in [1.165, 1.54) is 7.11 Å². The number of rotatable bonds is 6. The molecule has 5 heteroatoms. The van der Waals surface area contributed by atoms with E-state index in [-0.39, 0.29) is 5.91 Å². The fourth-order valence-electron chi connectivity index (χ4n) is 1.98. The van der Waals surface area contributed by atoms with E-state index in [2.05, 4.69) is 23.9 Å². The second-order valence-electron chi connectivity index (χ2n) is 5.75. The molecule has 24 heavy (non-hydrogen) atoms. The second kappa shape index (κ2) is 8.15. The number of methoxy groups -OCH3 is 1. The summed E-state index contributed by atoms with van der Waals surface area (Å²) in [6, 6.07) is 13.5. The van der Waals surface area contributed by atoms with Crippen LogP contribution in [-0.2, 0) is 4.74 Å². The van der Waals surface area contributed by atoms with E-state index in [1.54, 1.807) is 48.5 Å². The third kappa shape index (κ3) is 4.84. The number of ether oxygens (including phenoxy) is 2. The summed E-state index contributed by atoms with van der Waals surface area (Å²) in [6.07, 6.45) is 0. The molecule has 0 saturated carbocycles. The van der Waals surface area contributed by atoms with Gasteiger partial charge in [0.2, 0.25) is 0 Å². The van der Waals surface area contributed by atoms with Gasteiger partial charge in [0.25, 0.3) is 5.91 Å². The molecule has 0 spiro atoms. The van der Waals surface area contributed by atoms with Crippen LogP contribution >= 0.6 is 0 Å². The van der Waals surface area contributed by atoms with Gasteiger partial charge in [-0.25, -0.2) is 4.79 Å². The Morgan fingerprint density at radius 2 is 1.54 bits per heavy atom. The maximum atomic E-state index is 12.2. The fraction of sp³-hybridized carbons (Fsp3) is 0.263. The smallest absolute Gasteiger partial charge is 0.337 e. The Morgan fingerprint density at radius 3 is 2.08 bits per heavy atom. The van der Waals surface area contributed by atoms with Crippen LogP contribution in [0.3, 0.4) is 0 Å². The lowest BCUT2D eigenvalue weighted by atomic mass is 10.1. The second-order valence-corrected chi connectivity index (χ2v) is 5.75. The molecule has 0 heterocycles. The Morgan fingerprint density at radius 1 is 0.958 bits per heavy atom. The molecule has 1 N–H and O–H groups in total. The summed E-state index contributed by atoms with van der Waals surface area (Å²) < 4.78 is 10.2. The first-order valence-electron chi connectivity index (χ1n) is 7.72. The molecule has 5 nitrogen and oxygen atoms in total. The molecule has 0 aliphatic heterocycles. The van der Waals surface area contributed by atoms with Gasteiger partial charge in [-0.05, 0) is 54.4 Å². The molecule has 0 aliphatic rings. The summed E-state index contributed by atoms with van der Waals surface area (Å²) in [5, 5.41) is 2.78. The third-order valence-electron chi connectivity index (χ3n) is 3.26. The molecule has 0 aromatic heterocycles. The first-order chi connectivity index (χ1) is 11.5. The quantitative estimate of drug-likeness (QED) is 0.821. The molecule has 0 radical (unpaired) electrons. The van der Waals surface area contributed by atoms with Crippen LogP contribution in [0.4, 0.5) is 5.69 Å². The van der Waals surface area contributed by atoms with Crippen LogP contribution < -0.4 is 10.1 Å². The standard InChI is InChI=1S/C19H21NO4/c1-13(2)12-24-17-10-6-14(7-11-17)18(21)20-16-8-4-15(5-9-16)19(22)23-3/h4-11,13H,12H2,1-3H3,(H,20,21). The van der Waals surface area contributed by atoms with Crippen LogP contribution in [0.5, 0.6) is 5.75 Å². The Labute approximate surface area is 141 Å². The molecule has 1 amide bonds. The average molecular weight is 327 g/mol. The van der Waals surface area contributed by atoms with Crippen molar-refractivity contribution < 1.29 is 19.1 Å². The van der Waals surface area contributed by atoms with Gasteiger partial charge in [0.1, 0.15) is 5.75 Å². The SMILES string of the molecule is COC(=O)c1ccc(NC(=O)c2ccc(OCC(C)C)cc2)cc1. The zero-order chi connectivity index (χ0) is 17.5. The van der Waals surface area contributed by atoms with Gasteiger partial charge in [0.05, 0.1) is 19.3 Å². The number of hydrogen-bond acceptors (Lipinski definition) is 4. The Hall–Kier alpha value is -2.82. The number of carbonyl (C=O) groups excluding carboxylic acids is 2. The van der Waals surface area contributed by atoms with Gasteiger partial charge in [-0.15, -0.1) is 0 Å². The lowest BCUT2D eigenvalue weighted by Crippen LogP contribution is -2.12. The van der Waals surface area contributed by atoms with E-state index in [4.69, 9.17) is 4.74 Å². The number of amides is 1. The van der Waals surface area contributed by atoms with Crippen molar-refractivity contribution in [2.75, 3.05) is 19.0 Å². The van der Waals surface area contributed by atoms with Gasteiger partial charge in [-0.1, -0.05) is 13.8 Å². The number of benzene rings is 2. The predicted octanol–water partition coefficient (Wildman–Crippen LogP) is 3.76. The van der Waals surface area contributed by atoms with E-state index < -0.39 is 5.97 Å². The summed E-state index contributed by atoms with van der Waals surface area (Å²) in [5.74, 6) is 0.546. The van der Waals surface area contributed by atoms with Crippen LogP contribution in [0.15, 0.2) is 48.5 Å². The first kappa shape index (κ1) is 17.5. The van der Waals surface area contributed by atoms with Crippen molar-refractivity contribution in [2.24, 2.45) is 5.92 Å². The molecule has 126 valence electrons. The number of hydrogen-bond donors (Lipinski definition) is 1. The minimum atomic E-state index is -0.412. The van der Waals surface area contributed by atoms with Crippen LogP contribution in [0.25, 0.3) is 0 Å². The maximum Gasteiger partial charge on any atom is 0.337 e. The molecular formula is C19H21NO4. The number of esters is 1. The molecule has 0 saturated heterocycles. The highest BCUT2D eigenvalue weighted by Crippen LogP contribution is 2.16. The Balaban J connectivity index is 1.97. The zero-order valence-electron chi connectivity index (χ0n) is 14.0. The molecule has 0 aliphatic carbocycles. The topological polar surface area (TPSA) is 64.6 Å². The third-order valence-corrected chi connectivity index (χ3v) is 3.26. The maximum absolute atomic E-state index is 12.2. The summed E-state index contributed by atoms with van der Waals surface area (Å²) >= 11 is 0. The van der Waals surface area contributed by atoms with Crippen molar-refractivity contribution >= 4 is 17.6 Å². The Bertz CT molecular complexity index is 690. The highest BCUT2D eigenvalue weighted by molar-refractivity contribution is 6.04. The van der Waals surface area contributed by atoms with Crippen LogP contribution in [-0.4, -0.2) is 25.6 Å². The van der Waals surface area contributed by atoms with E-state index in [1.807, 2.05) is 0 Å². The van der Waals surface area contributed by atoms with Crippen molar-refractivity contribution in [1.29, 1.82) is 0 Å². The summed E-state index contributed by atoms with van der Waals surface area (Å²) in [4.78, 5) is 23.6. The molecule has 0 fully saturated rings. The monoisotopic (exact) mass is 327 g/mol. The molecule has 0 bridgehead atoms. The van der Waals surface area contributed by atoms with Crippen molar-refractivity contribution in [1.82, 2.24) is 0 Å². The van der Waals surface area contributed by atoms with E-state index in [0.29, 0.717) is 29.3 Å². The molecule has 2 aromatic rings. The normalized spacial score (nSPS) is 10.3. The van der Waals surface area contributed by atoms with Gasteiger partial charge in [-0.2, -0.15) is 0 Å². The highest BCUT2D eigenvalue weighted by Gasteiger charge is 2.08. The highest BCUT2D eigenvalue weighted by atomic mass is 16.5. The lowest BCUT2D eigenvalue weighted by molar-refractivity contribution is 0.0600. The summed E-state index contributed by atoms with van der Waals surface area (Å²) in [6.45, 7) is 4.79. The van der Waals surface area contributed by atoms with Gasteiger partial charge in [0, 0.05) is 11.3 Å². The predicted molar refractivity (Wildman–Crippen MR) is 92.5 cm³/mol. The van der Waals surface area contributed by atoms with E-state index in [9.17, 15) is 9.59 Å². The van der Waals surface area contributed by atoms with Gasteiger partial charge >= 0.3 is 5.97 Å². The van der Waals surface area contributed by atoms with Crippen molar-refractivity contribution in [3.8, 4) is 5.75 Å². The lowest BCUT2D eigenvalue weighted by Gasteiger charge is -2.09. The van der Waals surface area contributed by atoms with Crippen molar-refractivity contribution in [2.45, 2.75) is 13.8 Å². The molecular weight excluding hydrogens is 306 g/mol. The summed E-state index contributed by atoms with van der Waals surface area (Å²) in [5.41, 5.74) is 1.57. The number of carbonyl (C=O) groups is 2. The number of nitrogens with one attached hydrogen (secondary N) is 1. The van der Waals surface area contributed by atoms with Gasteiger partial charge in [0.15, 0.2) is 0 Å². The summed E-state index contributed by atoms with van der Waals surface area (Å²) in [7, 11) is 1.33. The molecule has 0 unspecified atom stereocenters. The van der Waals surface area contributed by atoms with E-state index >= 15 is 0 Å². The molecule has 2 rings (SSSR count). The minimum Gasteiger partial charge on any atom is -0.493 e. The fourth-order valence-corrected chi connectivity index (χ4v) is 1.98. The van der Waals surface area contributed by atoms with Crippen molar-refractivity contribution in [3.05, 3.63) is 59.7 Å².